The lowest BCUT2D eigenvalue weighted by molar-refractivity contribution is -0.154. The van der Waals surface area contributed by atoms with Gasteiger partial charge in [-0.15, -0.1) is 0 Å². The van der Waals surface area contributed by atoms with Crippen molar-refractivity contribution in [3.8, 4) is 0 Å². The highest BCUT2D eigenvalue weighted by molar-refractivity contribution is 5.94. The molecule has 2 N–H and O–H groups in total. The minimum atomic E-state index is -1.45. The third kappa shape index (κ3) is 2.29. The van der Waals surface area contributed by atoms with Crippen LogP contribution in [0.25, 0.3) is 10.8 Å². The van der Waals surface area contributed by atoms with E-state index in [4.69, 9.17) is 10.2 Å². The fourth-order valence-electron chi connectivity index (χ4n) is 1.84. The molecule has 0 aliphatic rings. The van der Waals surface area contributed by atoms with Gasteiger partial charge >= 0.3 is 11.9 Å². The Morgan fingerprint density at radius 3 is 2.44 bits per heavy atom. The summed E-state index contributed by atoms with van der Waals surface area (Å²) in [4.78, 5) is 25.8. The normalized spacial score (nSPS) is 10.7. The molecule has 1 heterocycles. The Morgan fingerprint density at radius 2 is 1.78 bits per heavy atom. The number of hydrogen-bond donors (Lipinski definition) is 2. The summed E-state index contributed by atoms with van der Waals surface area (Å²) in [5, 5.41) is 19.5. The van der Waals surface area contributed by atoms with Gasteiger partial charge in [0.05, 0.1) is 0 Å². The standard InChI is InChI=1S/C13H11NO4/c15-12(16)11(13(17)18)5-9-7-14-6-8-3-1-2-4-10(8)9/h1-4,6-7,11H,5H2,(H,15,16)(H,17,18). The van der Waals surface area contributed by atoms with Crippen LogP contribution in [0.4, 0.5) is 0 Å². The van der Waals surface area contributed by atoms with E-state index in [1.54, 1.807) is 6.20 Å². The van der Waals surface area contributed by atoms with Crippen LogP contribution < -0.4 is 0 Å². The zero-order valence-electron chi connectivity index (χ0n) is 9.41. The number of aromatic nitrogens is 1. The van der Waals surface area contributed by atoms with Crippen molar-refractivity contribution in [2.24, 2.45) is 5.92 Å². The molecule has 0 bridgehead atoms. The van der Waals surface area contributed by atoms with E-state index < -0.39 is 17.9 Å². The van der Waals surface area contributed by atoms with Crippen LogP contribution in [0.2, 0.25) is 0 Å². The van der Waals surface area contributed by atoms with Crippen LogP contribution >= 0.6 is 0 Å². The summed E-state index contributed by atoms with van der Waals surface area (Å²) in [5.41, 5.74) is 0.628. The van der Waals surface area contributed by atoms with Gasteiger partial charge in [0.15, 0.2) is 5.92 Å². The van der Waals surface area contributed by atoms with Gasteiger partial charge in [-0.3, -0.25) is 14.6 Å². The highest BCUT2D eigenvalue weighted by Gasteiger charge is 2.26. The average Bonchev–Trinajstić information content (AvgIpc) is 2.35. The SMILES string of the molecule is O=C(O)C(Cc1cncc2ccccc12)C(=O)O. The Bertz CT molecular complexity index is 589. The summed E-state index contributed by atoms with van der Waals surface area (Å²) in [6.07, 6.45) is 3.11. The van der Waals surface area contributed by atoms with Crippen molar-refractivity contribution >= 4 is 22.7 Å². The molecule has 0 radical (unpaired) electrons. The average molecular weight is 245 g/mol. The number of hydrogen-bond acceptors (Lipinski definition) is 3. The first-order valence-electron chi connectivity index (χ1n) is 5.37. The molecule has 5 nitrogen and oxygen atoms in total. The molecule has 5 heteroatoms. The van der Waals surface area contributed by atoms with E-state index in [9.17, 15) is 9.59 Å². The molecule has 0 fully saturated rings. The zero-order valence-corrected chi connectivity index (χ0v) is 9.41. The Balaban J connectivity index is 2.42. The second kappa shape index (κ2) is 4.83. The summed E-state index contributed by atoms with van der Waals surface area (Å²) >= 11 is 0. The highest BCUT2D eigenvalue weighted by Crippen LogP contribution is 2.20. The molecule has 1 aromatic carbocycles. The molecule has 2 rings (SSSR count). The molecule has 0 aliphatic heterocycles. The van der Waals surface area contributed by atoms with Gasteiger partial charge < -0.3 is 10.2 Å². The number of fused-ring (bicyclic) bond motifs is 1. The van der Waals surface area contributed by atoms with E-state index in [1.165, 1.54) is 6.20 Å². The summed E-state index contributed by atoms with van der Waals surface area (Å²) in [7, 11) is 0. The van der Waals surface area contributed by atoms with Crippen LogP contribution in [0.15, 0.2) is 36.7 Å². The number of benzene rings is 1. The van der Waals surface area contributed by atoms with Gasteiger partial charge in [-0.1, -0.05) is 24.3 Å². The molecule has 0 aliphatic carbocycles. The fourth-order valence-corrected chi connectivity index (χ4v) is 1.84. The van der Waals surface area contributed by atoms with Crippen LogP contribution in [0.3, 0.4) is 0 Å². The minimum Gasteiger partial charge on any atom is -0.481 e. The maximum absolute atomic E-state index is 10.9. The van der Waals surface area contributed by atoms with Crippen molar-refractivity contribution in [1.82, 2.24) is 4.98 Å². The van der Waals surface area contributed by atoms with E-state index >= 15 is 0 Å². The maximum atomic E-state index is 10.9. The van der Waals surface area contributed by atoms with Crippen molar-refractivity contribution in [3.05, 3.63) is 42.2 Å². The Morgan fingerprint density at radius 1 is 1.11 bits per heavy atom. The molecule has 0 saturated heterocycles. The first-order chi connectivity index (χ1) is 8.59. The van der Waals surface area contributed by atoms with E-state index in [2.05, 4.69) is 4.98 Å². The molecule has 0 saturated carbocycles. The molecule has 0 atom stereocenters. The van der Waals surface area contributed by atoms with Gasteiger partial charge in [-0.25, -0.2) is 0 Å². The Labute approximate surface area is 103 Å². The van der Waals surface area contributed by atoms with E-state index in [1.807, 2.05) is 24.3 Å². The van der Waals surface area contributed by atoms with Gasteiger partial charge in [-0.05, 0) is 17.4 Å². The summed E-state index contributed by atoms with van der Waals surface area (Å²) in [5.74, 6) is -4.12. The molecule has 0 amide bonds. The smallest absolute Gasteiger partial charge is 0.318 e. The number of carbonyl (C=O) groups is 2. The first-order valence-corrected chi connectivity index (χ1v) is 5.37. The molecule has 0 unspecified atom stereocenters. The van der Waals surface area contributed by atoms with E-state index in [0.717, 1.165) is 10.8 Å². The third-order valence-corrected chi connectivity index (χ3v) is 2.77. The number of pyridine rings is 1. The number of nitrogens with zero attached hydrogens (tertiary/aromatic N) is 1. The fraction of sp³-hybridized carbons (Fsp3) is 0.154. The van der Waals surface area contributed by atoms with Gasteiger partial charge in [0.1, 0.15) is 0 Å². The predicted octanol–water partition coefficient (Wildman–Crippen LogP) is 1.56. The lowest BCUT2D eigenvalue weighted by atomic mass is 9.97. The first kappa shape index (κ1) is 12.0. The molecule has 2 aromatic rings. The van der Waals surface area contributed by atoms with Gasteiger partial charge in [0.2, 0.25) is 0 Å². The van der Waals surface area contributed by atoms with Crippen molar-refractivity contribution in [1.29, 1.82) is 0 Å². The van der Waals surface area contributed by atoms with Crippen LogP contribution in [0, 0.1) is 5.92 Å². The summed E-state index contributed by atoms with van der Waals surface area (Å²) < 4.78 is 0. The minimum absolute atomic E-state index is 0.0704. The molecule has 0 spiro atoms. The van der Waals surface area contributed by atoms with E-state index in [0.29, 0.717) is 5.56 Å². The van der Waals surface area contributed by atoms with Crippen LogP contribution in [-0.4, -0.2) is 27.1 Å². The lowest BCUT2D eigenvalue weighted by Crippen LogP contribution is -2.25. The maximum Gasteiger partial charge on any atom is 0.318 e. The van der Waals surface area contributed by atoms with Crippen molar-refractivity contribution in [2.45, 2.75) is 6.42 Å². The monoisotopic (exact) mass is 245 g/mol. The molecule has 1 aromatic heterocycles. The van der Waals surface area contributed by atoms with Crippen LogP contribution in [0.1, 0.15) is 5.56 Å². The topological polar surface area (TPSA) is 87.5 Å². The number of carboxylic acid groups (broad SMARTS) is 2. The second-order valence-electron chi connectivity index (χ2n) is 3.95. The second-order valence-corrected chi connectivity index (χ2v) is 3.95. The quantitative estimate of drug-likeness (QED) is 0.798. The largest absolute Gasteiger partial charge is 0.481 e. The number of rotatable bonds is 4. The summed E-state index contributed by atoms with van der Waals surface area (Å²) in [6.45, 7) is 0. The number of aliphatic carboxylic acids is 2. The Kier molecular flexibility index (Phi) is 3.23. The summed E-state index contributed by atoms with van der Waals surface area (Å²) in [6, 6.07) is 7.34. The van der Waals surface area contributed by atoms with Crippen molar-refractivity contribution in [2.75, 3.05) is 0 Å². The molecular formula is C13H11NO4. The third-order valence-electron chi connectivity index (χ3n) is 2.77. The molecule has 18 heavy (non-hydrogen) atoms. The highest BCUT2D eigenvalue weighted by atomic mass is 16.4. The van der Waals surface area contributed by atoms with E-state index in [-0.39, 0.29) is 6.42 Å². The van der Waals surface area contributed by atoms with Crippen LogP contribution in [0.5, 0.6) is 0 Å². The van der Waals surface area contributed by atoms with Gasteiger partial charge in [0, 0.05) is 17.8 Å². The van der Waals surface area contributed by atoms with Crippen molar-refractivity contribution in [3.63, 3.8) is 0 Å². The van der Waals surface area contributed by atoms with Gasteiger partial charge in [0.25, 0.3) is 0 Å². The predicted molar refractivity (Wildman–Crippen MR) is 64.2 cm³/mol. The van der Waals surface area contributed by atoms with Crippen molar-refractivity contribution < 1.29 is 19.8 Å². The molecule has 92 valence electrons. The number of carboxylic acids is 2. The van der Waals surface area contributed by atoms with Crippen LogP contribution in [-0.2, 0) is 16.0 Å². The molecular weight excluding hydrogens is 234 g/mol. The van der Waals surface area contributed by atoms with Gasteiger partial charge in [-0.2, -0.15) is 0 Å². The zero-order chi connectivity index (χ0) is 13.1. The lowest BCUT2D eigenvalue weighted by Gasteiger charge is -2.09. The Hall–Kier alpha value is -2.43.